The van der Waals surface area contributed by atoms with Crippen molar-refractivity contribution in [2.24, 2.45) is 0 Å². The van der Waals surface area contributed by atoms with Crippen LogP contribution in [0, 0.1) is 6.92 Å². The summed E-state index contributed by atoms with van der Waals surface area (Å²) < 4.78 is 34.7. The highest BCUT2D eigenvalue weighted by Crippen LogP contribution is 2.28. The molecule has 220 valence electrons. The van der Waals surface area contributed by atoms with E-state index in [0.717, 1.165) is 20.3 Å². The molecule has 0 aliphatic heterocycles. The molecule has 2 amide bonds. The number of ether oxygens (including phenoxy) is 1. The number of amides is 2. The highest BCUT2D eigenvalue weighted by atomic mass is 32.2. The largest absolute Gasteiger partial charge is 0.494 e. The Labute approximate surface area is 248 Å². The molecule has 0 fully saturated rings. The summed E-state index contributed by atoms with van der Waals surface area (Å²) in [6, 6.07) is 20.1. The molecule has 0 heterocycles. The first-order valence-electron chi connectivity index (χ1n) is 13.7. The highest BCUT2D eigenvalue weighted by molar-refractivity contribution is 7.98. The molecule has 0 radical (unpaired) electrons. The summed E-state index contributed by atoms with van der Waals surface area (Å²) in [4.78, 5) is 29.6. The molecule has 0 aliphatic carbocycles. The first-order valence-corrected chi connectivity index (χ1v) is 16.3. The minimum Gasteiger partial charge on any atom is -0.494 e. The lowest BCUT2D eigenvalue weighted by molar-refractivity contribution is -0.140. The number of rotatable bonds is 14. The van der Waals surface area contributed by atoms with Crippen molar-refractivity contribution in [1.82, 2.24) is 10.2 Å². The molecule has 3 rings (SSSR count). The summed E-state index contributed by atoms with van der Waals surface area (Å²) in [5.74, 6) is -0.172. The lowest BCUT2D eigenvalue weighted by Crippen LogP contribution is -2.52. The minimum atomic E-state index is -4.14. The van der Waals surface area contributed by atoms with Gasteiger partial charge in [-0.1, -0.05) is 36.8 Å². The van der Waals surface area contributed by atoms with Gasteiger partial charge in [0.15, 0.2) is 0 Å². The SMILES string of the molecule is CCNC(=O)C(CC)N(Cc1cccc(C)c1)C(=O)CN(c1ccc(OCC)cc1)S(=O)(=O)c1ccc(SC)cc1. The predicted molar refractivity (Wildman–Crippen MR) is 165 cm³/mol. The number of hydrogen-bond donors (Lipinski definition) is 1. The first-order chi connectivity index (χ1) is 19.6. The van der Waals surface area contributed by atoms with Crippen molar-refractivity contribution in [2.45, 2.75) is 56.5 Å². The van der Waals surface area contributed by atoms with Gasteiger partial charge in [-0.3, -0.25) is 13.9 Å². The Morgan fingerprint density at radius 3 is 2.22 bits per heavy atom. The Morgan fingerprint density at radius 2 is 1.66 bits per heavy atom. The van der Waals surface area contributed by atoms with Crippen LogP contribution in [0.1, 0.15) is 38.3 Å². The van der Waals surface area contributed by atoms with Gasteiger partial charge in [0.25, 0.3) is 10.0 Å². The summed E-state index contributed by atoms with van der Waals surface area (Å²) in [5, 5.41) is 2.82. The van der Waals surface area contributed by atoms with Gasteiger partial charge in [-0.15, -0.1) is 11.8 Å². The zero-order valence-corrected chi connectivity index (χ0v) is 25.9. The fourth-order valence-electron chi connectivity index (χ4n) is 4.50. The summed E-state index contributed by atoms with van der Waals surface area (Å²) in [5.41, 5.74) is 2.19. The zero-order valence-electron chi connectivity index (χ0n) is 24.3. The summed E-state index contributed by atoms with van der Waals surface area (Å²) in [6.07, 6.45) is 2.28. The third kappa shape index (κ3) is 8.27. The Hall–Kier alpha value is -3.50. The maximum atomic E-state index is 14.1. The lowest BCUT2D eigenvalue weighted by Gasteiger charge is -2.33. The predicted octanol–water partition coefficient (Wildman–Crippen LogP) is 5.25. The summed E-state index contributed by atoms with van der Waals surface area (Å²) >= 11 is 1.51. The number of carbonyl (C=O) groups is 2. The highest BCUT2D eigenvalue weighted by Gasteiger charge is 2.33. The van der Waals surface area contributed by atoms with E-state index in [2.05, 4.69) is 5.32 Å². The fourth-order valence-corrected chi connectivity index (χ4v) is 6.32. The van der Waals surface area contributed by atoms with Crippen molar-refractivity contribution >= 4 is 39.3 Å². The topological polar surface area (TPSA) is 96.0 Å². The number of benzene rings is 3. The van der Waals surface area contributed by atoms with Crippen LogP contribution in [0.4, 0.5) is 5.69 Å². The number of nitrogens with zero attached hydrogens (tertiary/aromatic N) is 2. The van der Waals surface area contributed by atoms with Crippen LogP contribution in [0.25, 0.3) is 0 Å². The molecular formula is C31H39N3O5S2. The zero-order chi connectivity index (χ0) is 30.0. The van der Waals surface area contributed by atoms with E-state index in [1.54, 1.807) is 48.5 Å². The first kappa shape index (κ1) is 32.0. The second kappa shape index (κ2) is 14.9. The van der Waals surface area contributed by atoms with Crippen LogP contribution in [-0.4, -0.2) is 57.1 Å². The van der Waals surface area contributed by atoms with Gasteiger partial charge in [-0.2, -0.15) is 0 Å². The molecule has 3 aromatic carbocycles. The number of hydrogen-bond acceptors (Lipinski definition) is 6. The Kier molecular flexibility index (Phi) is 11.7. The van der Waals surface area contributed by atoms with E-state index >= 15 is 0 Å². The van der Waals surface area contributed by atoms with Gasteiger partial charge in [0.2, 0.25) is 11.8 Å². The van der Waals surface area contributed by atoms with E-state index in [1.807, 2.05) is 58.2 Å². The Balaban J connectivity index is 2.06. The number of sulfonamides is 1. The normalized spacial score (nSPS) is 11.9. The standard InChI is InChI=1S/C31H39N3O5S2/c1-6-29(31(36)32-7-2)33(21-24-11-9-10-23(4)20-24)30(35)22-34(25-12-14-26(15-13-25)39-8-3)41(37,38)28-18-16-27(40-5)17-19-28/h9-20,29H,6-8,21-22H2,1-5H3,(H,32,36). The number of carbonyl (C=O) groups excluding carboxylic acids is 2. The van der Waals surface area contributed by atoms with Crippen LogP contribution in [0.5, 0.6) is 5.75 Å². The average molecular weight is 598 g/mol. The molecule has 10 heteroatoms. The number of nitrogens with one attached hydrogen (secondary N) is 1. The molecule has 1 N–H and O–H groups in total. The number of aryl methyl sites for hydroxylation is 1. The fraction of sp³-hybridized carbons (Fsp3) is 0.355. The third-order valence-corrected chi connectivity index (χ3v) is 9.07. The lowest BCUT2D eigenvalue weighted by atomic mass is 10.1. The minimum absolute atomic E-state index is 0.0676. The number of likely N-dealkylation sites (N-methyl/N-ethyl adjacent to an activating group) is 1. The van der Waals surface area contributed by atoms with Crippen LogP contribution in [0.15, 0.2) is 82.6 Å². The van der Waals surface area contributed by atoms with Crippen molar-refractivity contribution in [3.8, 4) is 5.75 Å². The molecule has 0 saturated carbocycles. The third-order valence-electron chi connectivity index (χ3n) is 6.53. The monoisotopic (exact) mass is 597 g/mol. The number of anilines is 1. The maximum absolute atomic E-state index is 14.1. The van der Waals surface area contributed by atoms with Gasteiger partial charge in [0, 0.05) is 18.0 Å². The van der Waals surface area contributed by atoms with Gasteiger partial charge in [0.1, 0.15) is 18.3 Å². The summed E-state index contributed by atoms with van der Waals surface area (Å²) in [6.45, 7) is 8.04. The van der Waals surface area contributed by atoms with Gasteiger partial charge >= 0.3 is 0 Å². The smallest absolute Gasteiger partial charge is 0.264 e. The molecule has 1 atom stereocenters. The van der Waals surface area contributed by atoms with Gasteiger partial charge in [-0.25, -0.2) is 8.42 Å². The second-order valence-electron chi connectivity index (χ2n) is 9.44. The van der Waals surface area contributed by atoms with E-state index in [4.69, 9.17) is 4.74 Å². The second-order valence-corrected chi connectivity index (χ2v) is 12.2. The molecule has 0 bridgehead atoms. The van der Waals surface area contributed by atoms with E-state index < -0.39 is 28.5 Å². The van der Waals surface area contributed by atoms with E-state index in [0.29, 0.717) is 31.0 Å². The van der Waals surface area contributed by atoms with Crippen LogP contribution in [0.2, 0.25) is 0 Å². The van der Waals surface area contributed by atoms with Crippen LogP contribution >= 0.6 is 11.8 Å². The summed E-state index contributed by atoms with van der Waals surface area (Å²) in [7, 11) is -4.14. The van der Waals surface area contributed by atoms with E-state index in [-0.39, 0.29) is 17.3 Å². The van der Waals surface area contributed by atoms with Crippen molar-refractivity contribution in [3.63, 3.8) is 0 Å². The molecule has 0 spiro atoms. The van der Waals surface area contributed by atoms with E-state index in [1.165, 1.54) is 16.7 Å². The molecule has 8 nitrogen and oxygen atoms in total. The van der Waals surface area contributed by atoms with Crippen LogP contribution in [-0.2, 0) is 26.2 Å². The Bertz CT molecular complexity index is 1410. The van der Waals surface area contributed by atoms with Crippen LogP contribution < -0.4 is 14.4 Å². The molecule has 1 unspecified atom stereocenters. The van der Waals surface area contributed by atoms with Crippen molar-refractivity contribution < 1.29 is 22.7 Å². The van der Waals surface area contributed by atoms with Crippen molar-refractivity contribution in [3.05, 3.63) is 83.9 Å². The maximum Gasteiger partial charge on any atom is 0.264 e. The van der Waals surface area contributed by atoms with Gasteiger partial charge in [-0.05, 0) is 87.5 Å². The van der Waals surface area contributed by atoms with Crippen molar-refractivity contribution in [1.29, 1.82) is 0 Å². The van der Waals surface area contributed by atoms with Crippen LogP contribution in [0.3, 0.4) is 0 Å². The van der Waals surface area contributed by atoms with E-state index in [9.17, 15) is 18.0 Å². The molecular weight excluding hydrogens is 558 g/mol. The number of thioether (sulfide) groups is 1. The molecule has 0 aliphatic rings. The van der Waals surface area contributed by atoms with Gasteiger partial charge in [0.05, 0.1) is 17.2 Å². The molecule has 0 saturated heterocycles. The molecule has 3 aromatic rings. The van der Waals surface area contributed by atoms with Gasteiger partial charge < -0.3 is 15.0 Å². The molecule has 41 heavy (non-hydrogen) atoms. The quantitative estimate of drug-likeness (QED) is 0.255. The Morgan fingerprint density at radius 1 is 0.976 bits per heavy atom. The average Bonchev–Trinajstić information content (AvgIpc) is 2.96. The van der Waals surface area contributed by atoms with Crippen molar-refractivity contribution in [2.75, 3.05) is 30.3 Å². The molecule has 0 aromatic heterocycles.